The molecule has 1 aromatic heterocycles. The lowest BCUT2D eigenvalue weighted by molar-refractivity contribution is -0.0493. The largest absolute Gasteiger partial charge is 0.362 e. The molecule has 2 aromatic rings. The van der Waals surface area contributed by atoms with Gasteiger partial charge in [-0.25, -0.2) is 4.98 Å². The lowest BCUT2D eigenvalue weighted by atomic mass is 10.2. The molecule has 0 unspecified atom stereocenters. The predicted molar refractivity (Wildman–Crippen MR) is 49.5 cm³/mol. The van der Waals surface area contributed by atoms with Crippen LogP contribution in [0.25, 0.3) is 10.9 Å². The van der Waals surface area contributed by atoms with Crippen molar-refractivity contribution >= 4 is 10.9 Å². The summed E-state index contributed by atoms with van der Waals surface area (Å²) in [5.74, 6) is -0.145. The van der Waals surface area contributed by atoms with E-state index in [0.29, 0.717) is 10.9 Å². The van der Waals surface area contributed by atoms with E-state index >= 15 is 0 Å². The number of benzene rings is 1. The number of aromatic amines is 1. The van der Waals surface area contributed by atoms with Gasteiger partial charge in [-0.1, -0.05) is 12.1 Å². The molecule has 2 rings (SSSR count). The maximum atomic E-state index is 11.4. The predicted octanol–water partition coefficient (Wildman–Crippen LogP) is -0.0937. The van der Waals surface area contributed by atoms with Crippen molar-refractivity contribution in [3.63, 3.8) is 0 Å². The van der Waals surface area contributed by atoms with Crippen LogP contribution in [0.1, 0.15) is 12.1 Å². The Morgan fingerprint density at radius 3 is 2.71 bits per heavy atom. The highest BCUT2D eigenvalue weighted by molar-refractivity contribution is 5.77. The second kappa shape index (κ2) is 3.21. The van der Waals surface area contributed by atoms with E-state index in [0.717, 1.165) is 0 Å². The number of fused-ring (bicyclic) bond motifs is 1. The summed E-state index contributed by atoms with van der Waals surface area (Å²) in [6, 6.07) is 6.70. The zero-order valence-corrected chi connectivity index (χ0v) is 7.14. The molecule has 0 atom stereocenters. The van der Waals surface area contributed by atoms with Gasteiger partial charge in [0.05, 0.1) is 10.9 Å². The summed E-state index contributed by atoms with van der Waals surface area (Å²) >= 11 is 0. The van der Waals surface area contributed by atoms with Crippen molar-refractivity contribution in [3.05, 3.63) is 40.4 Å². The summed E-state index contributed by atoms with van der Waals surface area (Å²) in [4.78, 5) is 17.5. The standard InChI is InChI=1S/C9H8N2O3/c12-8-5-3-1-2-4-6(5)10-7(11-8)9(13)14/h1-4,9,13-14H,(H,10,11,12). The van der Waals surface area contributed by atoms with Crippen LogP contribution in [0.2, 0.25) is 0 Å². The highest BCUT2D eigenvalue weighted by Crippen LogP contribution is 2.08. The first-order valence-corrected chi connectivity index (χ1v) is 4.03. The fourth-order valence-electron chi connectivity index (χ4n) is 1.23. The lowest BCUT2D eigenvalue weighted by Crippen LogP contribution is -2.14. The van der Waals surface area contributed by atoms with Gasteiger partial charge in [-0.05, 0) is 12.1 Å². The molecule has 0 spiro atoms. The SMILES string of the molecule is O=c1[nH]c(C(O)O)nc2ccccc12. The summed E-state index contributed by atoms with van der Waals surface area (Å²) in [6.45, 7) is 0. The molecule has 0 saturated carbocycles. The Morgan fingerprint density at radius 2 is 2.00 bits per heavy atom. The van der Waals surface area contributed by atoms with Crippen LogP contribution in [0.4, 0.5) is 0 Å². The van der Waals surface area contributed by atoms with E-state index in [-0.39, 0.29) is 11.4 Å². The minimum atomic E-state index is -1.76. The Balaban J connectivity index is 2.79. The van der Waals surface area contributed by atoms with Crippen LogP contribution in [0.5, 0.6) is 0 Å². The number of H-pyrrole nitrogens is 1. The fraction of sp³-hybridized carbons (Fsp3) is 0.111. The molecule has 0 bridgehead atoms. The summed E-state index contributed by atoms with van der Waals surface area (Å²) in [6.07, 6.45) is -1.76. The number of nitrogens with zero attached hydrogens (tertiary/aromatic N) is 1. The molecule has 3 N–H and O–H groups in total. The zero-order valence-electron chi connectivity index (χ0n) is 7.14. The summed E-state index contributed by atoms with van der Waals surface area (Å²) < 4.78 is 0. The van der Waals surface area contributed by atoms with E-state index in [1.807, 2.05) is 0 Å². The van der Waals surface area contributed by atoms with E-state index in [1.54, 1.807) is 24.3 Å². The number of hydrogen-bond acceptors (Lipinski definition) is 4. The molecule has 1 aromatic carbocycles. The molecular weight excluding hydrogens is 184 g/mol. The van der Waals surface area contributed by atoms with Gasteiger partial charge in [-0.3, -0.25) is 4.79 Å². The van der Waals surface area contributed by atoms with Crippen LogP contribution in [0.3, 0.4) is 0 Å². The molecule has 0 radical (unpaired) electrons. The first-order valence-electron chi connectivity index (χ1n) is 4.03. The molecule has 0 aliphatic rings. The number of nitrogens with one attached hydrogen (secondary N) is 1. The molecule has 0 aliphatic heterocycles. The third-order valence-corrected chi connectivity index (χ3v) is 1.88. The average molecular weight is 192 g/mol. The van der Waals surface area contributed by atoms with E-state index in [9.17, 15) is 4.79 Å². The fourth-order valence-corrected chi connectivity index (χ4v) is 1.23. The Morgan fingerprint density at radius 1 is 1.29 bits per heavy atom. The minimum absolute atomic E-state index is 0.145. The first kappa shape index (κ1) is 8.86. The van der Waals surface area contributed by atoms with Gasteiger partial charge in [-0.2, -0.15) is 0 Å². The third kappa shape index (κ3) is 1.39. The average Bonchev–Trinajstić information content (AvgIpc) is 2.17. The quantitative estimate of drug-likeness (QED) is 0.551. The van der Waals surface area contributed by atoms with Gasteiger partial charge in [0.25, 0.3) is 5.56 Å². The van der Waals surface area contributed by atoms with Crippen molar-refractivity contribution < 1.29 is 10.2 Å². The van der Waals surface area contributed by atoms with E-state index in [2.05, 4.69) is 9.97 Å². The van der Waals surface area contributed by atoms with Crippen molar-refractivity contribution in [3.8, 4) is 0 Å². The maximum Gasteiger partial charge on any atom is 0.258 e. The summed E-state index contributed by atoms with van der Waals surface area (Å²) in [5.41, 5.74) is 0.0676. The van der Waals surface area contributed by atoms with Crippen molar-refractivity contribution in [1.29, 1.82) is 0 Å². The number of aliphatic hydroxyl groups excluding tert-OH is 1. The molecule has 5 heteroatoms. The summed E-state index contributed by atoms with van der Waals surface area (Å²) in [7, 11) is 0. The van der Waals surface area contributed by atoms with Gasteiger partial charge in [0.1, 0.15) is 0 Å². The van der Waals surface area contributed by atoms with Crippen LogP contribution in [0.15, 0.2) is 29.1 Å². The van der Waals surface area contributed by atoms with Gasteiger partial charge in [0, 0.05) is 0 Å². The number of hydrogen-bond donors (Lipinski definition) is 3. The van der Waals surface area contributed by atoms with Crippen molar-refractivity contribution in [1.82, 2.24) is 9.97 Å². The Hall–Kier alpha value is -1.72. The Bertz CT molecular complexity index is 519. The van der Waals surface area contributed by atoms with Gasteiger partial charge in [0.2, 0.25) is 6.29 Å². The Labute approximate surface area is 78.7 Å². The highest BCUT2D eigenvalue weighted by atomic mass is 16.5. The van der Waals surface area contributed by atoms with E-state index in [1.165, 1.54) is 0 Å². The third-order valence-electron chi connectivity index (χ3n) is 1.88. The van der Waals surface area contributed by atoms with Crippen molar-refractivity contribution in [2.45, 2.75) is 6.29 Å². The Kier molecular flexibility index (Phi) is 2.03. The second-order valence-electron chi connectivity index (χ2n) is 2.84. The molecule has 0 fully saturated rings. The molecule has 14 heavy (non-hydrogen) atoms. The van der Waals surface area contributed by atoms with Crippen LogP contribution in [0, 0.1) is 0 Å². The summed E-state index contributed by atoms with van der Waals surface area (Å²) in [5, 5.41) is 18.1. The molecular formula is C9H8N2O3. The highest BCUT2D eigenvalue weighted by Gasteiger charge is 2.07. The molecule has 0 saturated heterocycles. The van der Waals surface area contributed by atoms with E-state index < -0.39 is 6.29 Å². The number of rotatable bonds is 1. The first-order chi connectivity index (χ1) is 6.68. The zero-order chi connectivity index (χ0) is 10.1. The molecule has 5 nitrogen and oxygen atoms in total. The molecule has 1 heterocycles. The topological polar surface area (TPSA) is 86.2 Å². The number of para-hydroxylation sites is 1. The van der Waals surface area contributed by atoms with Crippen LogP contribution in [-0.4, -0.2) is 20.2 Å². The second-order valence-corrected chi connectivity index (χ2v) is 2.84. The van der Waals surface area contributed by atoms with Crippen LogP contribution < -0.4 is 5.56 Å². The monoisotopic (exact) mass is 192 g/mol. The number of aromatic nitrogens is 2. The van der Waals surface area contributed by atoms with Gasteiger partial charge in [0.15, 0.2) is 5.82 Å². The van der Waals surface area contributed by atoms with Crippen molar-refractivity contribution in [2.75, 3.05) is 0 Å². The lowest BCUT2D eigenvalue weighted by Gasteiger charge is -2.03. The molecule has 72 valence electrons. The van der Waals surface area contributed by atoms with Gasteiger partial charge < -0.3 is 15.2 Å². The number of aliphatic hydroxyl groups is 2. The molecule has 0 aliphatic carbocycles. The molecule has 0 amide bonds. The minimum Gasteiger partial charge on any atom is -0.362 e. The van der Waals surface area contributed by atoms with Gasteiger partial charge in [-0.15, -0.1) is 0 Å². The smallest absolute Gasteiger partial charge is 0.258 e. The maximum absolute atomic E-state index is 11.4. The van der Waals surface area contributed by atoms with Crippen LogP contribution >= 0.6 is 0 Å². The van der Waals surface area contributed by atoms with E-state index in [4.69, 9.17) is 10.2 Å². The normalized spacial score (nSPS) is 11.1. The van der Waals surface area contributed by atoms with Gasteiger partial charge >= 0.3 is 0 Å². The van der Waals surface area contributed by atoms with Crippen LogP contribution in [-0.2, 0) is 0 Å². The van der Waals surface area contributed by atoms with Crippen molar-refractivity contribution in [2.24, 2.45) is 0 Å².